The second kappa shape index (κ2) is 6.93. The zero-order chi connectivity index (χ0) is 14.5. The van der Waals surface area contributed by atoms with Gasteiger partial charge in [-0.2, -0.15) is 0 Å². The van der Waals surface area contributed by atoms with E-state index in [1.54, 1.807) is 0 Å². The molecule has 1 aromatic carbocycles. The minimum absolute atomic E-state index is 0.0492. The minimum Gasteiger partial charge on any atom is -0.398 e. The number of anilines is 1. The predicted molar refractivity (Wildman–Crippen MR) is 86.8 cm³/mol. The van der Waals surface area contributed by atoms with Gasteiger partial charge in [0, 0.05) is 22.3 Å². The molecule has 0 aromatic heterocycles. The fourth-order valence-corrected chi connectivity index (χ4v) is 2.98. The van der Waals surface area contributed by atoms with Crippen molar-refractivity contribution in [2.24, 2.45) is 0 Å². The summed E-state index contributed by atoms with van der Waals surface area (Å²) in [5, 5.41) is 2.99. The summed E-state index contributed by atoms with van der Waals surface area (Å²) in [6.45, 7) is 2.57. The lowest BCUT2D eigenvalue weighted by Gasteiger charge is -2.14. The van der Waals surface area contributed by atoms with Crippen LogP contribution in [0.15, 0.2) is 28.3 Å². The van der Waals surface area contributed by atoms with Crippen molar-refractivity contribution >= 4 is 27.5 Å². The van der Waals surface area contributed by atoms with E-state index < -0.39 is 0 Å². The first-order valence-electron chi connectivity index (χ1n) is 7.09. The fraction of sp³-hybridized carbons (Fsp3) is 0.438. The maximum Gasteiger partial charge on any atom is 0.251 e. The first-order chi connectivity index (χ1) is 9.58. The molecule has 1 aromatic rings. The molecule has 0 unspecified atom stereocenters. The highest BCUT2D eigenvalue weighted by molar-refractivity contribution is 9.10. The van der Waals surface area contributed by atoms with Crippen molar-refractivity contribution in [1.82, 2.24) is 5.32 Å². The third kappa shape index (κ3) is 3.85. The first kappa shape index (κ1) is 15.1. The molecule has 0 fully saturated rings. The van der Waals surface area contributed by atoms with Gasteiger partial charge < -0.3 is 11.1 Å². The van der Waals surface area contributed by atoms with E-state index in [1.807, 2.05) is 19.1 Å². The molecule has 20 heavy (non-hydrogen) atoms. The number of allylic oxidation sites excluding steroid dienone is 1. The summed E-state index contributed by atoms with van der Waals surface area (Å²) in [4.78, 5) is 12.2. The first-order valence-corrected chi connectivity index (χ1v) is 7.89. The molecule has 0 aliphatic heterocycles. The largest absolute Gasteiger partial charge is 0.398 e. The summed E-state index contributed by atoms with van der Waals surface area (Å²) in [5.41, 5.74) is 9.48. The number of amides is 1. The summed E-state index contributed by atoms with van der Waals surface area (Å²) >= 11 is 3.38. The van der Waals surface area contributed by atoms with Gasteiger partial charge in [0.2, 0.25) is 0 Å². The van der Waals surface area contributed by atoms with Crippen molar-refractivity contribution in [3.8, 4) is 0 Å². The van der Waals surface area contributed by atoms with Crippen LogP contribution in [0.25, 0.3) is 0 Å². The Morgan fingerprint density at radius 1 is 1.40 bits per heavy atom. The van der Waals surface area contributed by atoms with Crippen LogP contribution >= 0.6 is 15.9 Å². The zero-order valence-corrected chi connectivity index (χ0v) is 13.4. The third-order valence-corrected chi connectivity index (χ3v) is 4.23. The van der Waals surface area contributed by atoms with E-state index in [0.29, 0.717) is 17.8 Å². The van der Waals surface area contributed by atoms with Gasteiger partial charge >= 0.3 is 0 Å². The van der Waals surface area contributed by atoms with E-state index in [1.165, 1.54) is 31.3 Å². The Morgan fingerprint density at radius 3 is 2.90 bits per heavy atom. The van der Waals surface area contributed by atoms with E-state index in [0.717, 1.165) is 16.5 Å². The molecule has 0 saturated carbocycles. The fourth-order valence-electron chi connectivity index (χ4n) is 2.50. The monoisotopic (exact) mass is 336 g/mol. The molecule has 3 nitrogen and oxygen atoms in total. The second-order valence-corrected chi connectivity index (χ2v) is 6.20. The highest BCUT2D eigenvalue weighted by Gasteiger charge is 2.12. The van der Waals surface area contributed by atoms with Crippen LogP contribution in [0, 0.1) is 6.92 Å². The molecule has 1 aliphatic carbocycles. The maximum absolute atomic E-state index is 12.2. The molecule has 0 radical (unpaired) electrons. The Hall–Kier alpha value is -1.29. The van der Waals surface area contributed by atoms with Crippen LogP contribution in [0.1, 0.15) is 48.0 Å². The molecule has 0 saturated heterocycles. The van der Waals surface area contributed by atoms with E-state index in [2.05, 4.69) is 27.3 Å². The molecule has 0 heterocycles. The lowest BCUT2D eigenvalue weighted by atomic mass is 9.97. The minimum atomic E-state index is -0.0492. The number of hydrogen-bond donors (Lipinski definition) is 2. The van der Waals surface area contributed by atoms with Gasteiger partial charge in [-0.05, 0) is 56.7 Å². The lowest BCUT2D eigenvalue weighted by Crippen LogP contribution is -2.26. The summed E-state index contributed by atoms with van der Waals surface area (Å²) in [6, 6.07) is 3.64. The maximum atomic E-state index is 12.2. The van der Waals surface area contributed by atoms with Crippen LogP contribution < -0.4 is 11.1 Å². The molecule has 0 atom stereocenters. The Bertz CT molecular complexity index is 538. The molecule has 4 heteroatoms. The molecule has 2 rings (SSSR count). The Balaban J connectivity index is 1.93. The van der Waals surface area contributed by atoms with Crippen LogP contribution in [0.2, 0.25) is 0 Å². The molecular weight excluding hydrogens is 316 g/mol. The topological polar surface area (TPSA) is 55.1 Å². The molecule has 0 bridgehead atoms. The van der Waals surface area contributed by atoms with Crippen LogP contribution in [0.5, 0.6) is 0 Å². The average molecular weight is 337 g/mol. The highest BCUT2D eigenvalue weighted by atomic mass is 79.9. The van der Waals surface area contributed by atoms with Crippen molar-refractivity contribution in [1.29, 1.82) is 0 Å². The lowest BCUT2D eigenvalue weighted by molar-refractivity contribution is 0.0953. The van der Waals surface area contributed by atoms with Gasteiger partial charge in [0.05, 0.1) is 0 Å². The van der Waals surface area contributed by atoms with Gasteiger partial charge in [0.15, 0.2) is 0 Å². The Morgan fingerprint density at radius 2 is 2.20 bits per heavy atom. The number of rotatable bonds is 4. The van der Waals surface area contributed by atoms with Crippen molar-refractivity contribution in [2.75, 3.05) is 12.3 Å². The van der Waals surface area contributed by atoms with Gasteiger partial charge in [-0.15, -0.1) is 0 Å². The van der Waals surface area contributed by atoms with Gasteiger partial charge in [-0.3, -0.25) is 4.79 Å². The smallest absolute Gasteiger partial charge is 0.251 e. The summed E-state index contributed by atoms with van der Waals surface area (Å²) < 4.78 is 0.834. The molecule has 0 spiro atoms. The van der Waals surface area contributed by atoms with Gasteiger partial charge in [0.1, 0.15) is 0 Å². The number of carbonyl (C=O) groups is 1. The number of nitrogen functional groups attached to an aromatic ring is 1. The Labute approximate surface area is 128 Å². The van der Waals surface area contributed by atoms with Crippen LogP contribution in [0.4, 0.5) is 5.69 Å². The van der Waals surface area contributed by atoms with Gasteiger partial charge in [0.25, 0.3) is 5.91 Å². The number of carbonyl (C=O) groups excluding carboxylic acids is 1. The number of benzene rings is 1. The summed E-state index contributed by atoms with van der Waals surface area (Å²) in [6.07, 6.45) is 8.21. The number of hydrogen-bond acceptors (Lipinski definition) is 2. The van der Waals surface area contributed by atoms with Crippen LogP contribution in [-0.2, 0) is 0 Å². The molecule has 1 aliphatic rings. The standard InChI is InChI=1S/C16H21BrN2O/c1-11-14(9-13(17)10-15(11)18)16(20)19-8-7-12-5-3-2-4-6-12/h5,9-10H,2-4,6-8,18H2,1H3,(H,19,20). The molecule has 1 amide bonds. The Kier molecular flexibility index (Phi) is 5.24. The van der Waals surface area contributed by atoms with Crippen LogP contribution in [-0.4, -0.2) is 12.5 Å². The van der Waals surface area contributed by atoms with Crippen molar-refractivity contribution in [3.05, 3.63) is 39.4 Å². The molecular formula is C16H21BrN2O. The predicted octanol–water partition coefficient (Wildman–Crippen LogP) is 3.96. The van der Waals surface area contributed by atoms with Crippen LogP contribution in [0.3, 0.4) is 0 Å². The zero-order valence-electron chi connectivity index (χ0n) is 11.8. The van der Waals surface area contributed by atoms with E-state index in [9.17, 15) is 4.79 Å². The molecule has 3 N–H and O–H groups in total. The van der Waals surface area contributed by atoms with Crippen molar-refractivity contribution in [2.45, 2.75) is 39.0 Å². The highest BCUT2D eigenvalue weighted by Crippen LogP contribution is 2.23. The van der Waals surface area contributed by atoms with Gasteiger partial charge in [-0.1, -0.05) is 27.6 Å². The normalized spacial score (nSPS) is 14.8. The quantitative estimate of drug-likeness (QED) is 0.645. The number of nitrogens with one attached hydrogen (secondary N) is 1. The van der Waals surface area contributed by atoms with Crippen molar-refractivity contribution < 1.29 is 4.79 Å². The van der Waals surface area contributed by atoms with E-state index in [4.69, 9.17) is 5.73 Å². The summed E-state index contributed by atoms with van der Waals surface area (Å²) in [7, 11) is 0. The summed E-state index contributed by atoms with van der Waals surface area (Å²) in [5.74, 6) is -0.0492. The number of nitrogens with two attached hydrogens (primary N) is 1. The average Bonchev–Trinajstić information content (AvgIpc) is 2.44. The van der Waals surface area contributed by atoms with E-state index >= 15 is 0 Å². The van der Waals surface area contributed by atoms with Crippen molar-refractivity contribution in [3.63, 3.8) is 0 Å². The second-order valence-electron chi connectivity index (χ2n) is 5.28. The SMILES string of the molecule is Cc1c(N)cc(Br)cc1C(=O)NCCC1=CCCCC1. The number of halogens is 1. The van der Waals surface area contributed by atoms with E-state index in [-0.39, 0.29) is 5.91 Å². The van der Waals surface area contributed by atoms with Gasteiger partial charge in [-0.25, -0.2) is 0 Å². The third-order valence-electron chi connectivity index (χ3n) is 3.77. The molecule has 108 valence electrons.